The number of allylic oxidation sites excluding steroid dienone is 3. The van der Waals surface area contributed by atoms with Crippen LogP contribution < -0.4 is 10.1 Å². The molecule has 7 nitrogen and oxygen atoms in total. The number of amides is 1. The number of piperidine rings is 1. The molecule has 5 rings (SSSR count). The van der Waals surface area contributed by atoms with Crippen LogP contribution in [0.25, 0.3) is 0 Å². The topological polar surface area (TPSA) is 77.4 Å². The lowest BCUT2D eigenvalue weighted by Crippen LogP contribution is -2.46. The molecule has 0 spiro atoms. The van der Waals surface area contributed by atoms with Crippen LogP contribution in [0.4, 0.5) is 4.39 Å². The fraction of sp³-hybridized carbons (Fsp3) is 0.462. The third kappa shape index (κ3) is 4.62. The Morgan fingerprint density at radius 1 is 1.31 bits per heavy atom. The van der Waals surface area contributed by atoms with Gasteiger partial charge < -0.3 is 25.0 Å². The Morgan fingerprint density at radius 3 is 2.94 bits per heavy atom. The number of aliphatic hydroxyl groups is 1. The quantitative estimate of drug-likeness (QED) is 0.663. The van der Waals surface area contributed by atoms with E-state index in [4.69, 9.17) is 21.3 Å². The Kier molecular flexibility index (Phi) is 6.70. The molecule has 2 fully saturated rings. The van der Waals surface area contributed by atoms with E-state index in [9.17, 15) is 14.3 Å². The molecule has 4 aliphatic rings. The molecule has 2 N–H and O–H groups in total. The molecule has 186 valence electrons. The minimum atomic E-state index is -0.726. The molecule has 35 heavy (non-hydrogen) atoms. The number of benzene rings is 1. The molecule has 0 radical (unpaired) electrons. The number of hydrogen-bond donors (Lipinski definition) is 2. The molecule has 0 saturated carbocycles. The molecule has 1 amide bonds. The average Bonchev–Trinajstić information content (AvgIpc) is 3.24. The van der Waals surface area contributed by atoms with Crippen LogP contribution in [-0.4, -0.2) is 71.5 Å². The first-order valence-electron chi connectivity index (χ1n) is 12.1. The first-order valence-corrected chi connectivity index (χ1v) is 12.5. The van der Waals surface area contributed by atoms with Gasteiger partial charge in [0.2, 0.25) is 0 Å². The Labute approximate surface area is 209 Å². The zero-order valence-corrected chi connectivity index (χ0v) is 20.7. The van der Waals surface area contributed by atoms with E-state index < -0.39 is 18.0 Å². The molecule has 2 saturated heterocycles. The number of carbonyl (C=O) groups excluding carboxylic acids is 1. The molecule has 0 aliphatic carbocycles. The van der Waals surface area contributed by atoms with Gasteiger partial charge in [0.1, 0.15) is 29.6 Å². The minimum Gasteiger partial charge on any atom is -0.487 e. The number of aliphatic imine (C=N–C) groups is 1. The lowest BCUT2D eigenvalue weighted by molar-refractivity contribution is 0.0154. The van der Waals surface area contributed by atoms with Gasteiger partial charge in [-0.05, 0) is 57.4 Å². The van der Waals surface area contributed by atoms with E-state index in [0.717, 1.165) is 47.8 Å². The highest BCUT2D eigenvalue weighted by Gasteiger charge is 2.35. The van der Waals surface area contributed by atoms with Crippen molar-refractivity contribution in [2.24, 2.45) is 4.99 Å². The summed E-state index contributed by atoms with van der Waals surface area (Å²) in [4.78, 5) is 22.4. The molecule has 1 aromatic carbocycles. The summed E-state index contributed by atoms with van der Waals surface area (Å²) in [6.07, 6.45) is 3.39. The summed E-state index contributed by atoms with van der Waals surface area (Å²) < 4.78 is 20.1. The lowest BCUT2D eigenvalue weighted by Gasteiger charge is -2.32. The summed E-state index contributed by atoms with van der Waals surface area (Å²) in [6.45, 7) is 6.63. The first kappa shape index (κ1) is 24.0. The number of rotatable bonds is 3. The van der Waals surface area contributed by atoms with Gasteiger partial charge in [0.15, 0.2) is 0 Å². The number of β-amino-alcohol motifs (C(OH)–C–C–N with tert-alkyl or cyclic N) is 1. The zero-order chi connectivity index (χ0) is 24.7. The van der Waals surface area contributed by atoms with Gasteiger partial charge in [-0.2, -0.15) is 0 Å². The van der Waals surface area contributed by atoms with Crippen molar-refractivity contribution in [3.05, 3.63) is 63.4 Å². The number of nitrogens with one attached hydrogen (secondary N) is 1. The summed E-state index contributed by atoms with van der Waals surface area (Å²) in [5, 5.41) is 14.0. The summed E-state index contributed by atoms with van der Waals surface area (Å²) in [5.41, 5.74) is 4.12. The second-order valence-corrected chi connectivity index (χ2v) is 9.82. The molecule has 0 unspecified atom stereocenters. The van der Waals surface area contributed by atoms with Gasteiger partial charge in [-0.15, -0.1) is 0 Å². The first-order chi connectivity index (χ1) is 16.8. The predicted molar refractivity (Wildman–Crippen MR) is 133 cm³/mol. The Balaban J connectivity index is 1.46. The van der Waals surface area contributed by atoms with Crippen molar-refractivity contribution < 1.29 is 19.0 Å². The van der Waals surface area contributed by atoms with E-state index >= 15 is 0 Å². The summed E-state index contributed by atoms with van der Waals surface area (Å²) in [5.74, 6) is 0.282. The monoisotopic (exact) mass is 500 g/mol. The number of aliphatic hydroxyl groups excluding tert-OH is 1. The molecule has 2 atom stereocenters. The highest BCUT2D eigenvalue weighted by molar-refractivity contribution is 6.43. The van der Waals surface area contributed by atoms with Crippen LogP contribution in [0.5, 0.6) is 5.75 Å². The maximum absolute atomic E-state index is 14.1. The third-order valence-corrected chi connectivity index (χ3v) is 7.59. The van der Waals surface area contributed by atoms with Gasteiger partial charge in [-0.1, -0.05) is 17.7 Å². The largest absolute Gasteiger partial charge is 0.487 e. The third-order valence-electron chi connectivity index (χ3n) is 7.04. The smallest absolute Gasteiger partial charge is 0.258 e. The maximum atomic E-state index is 14.1. The van der Waals surface area contributed by atoms with Crippen LogP contribution >= 0.6 is 11.6 Å². The van der Waals surface area contributed by atoms with Crippen LogP contribution in [0.3, 0.4) is 0 Å². The summed E-state index contributed by atoms with van der Waals surface area (Å²) in [6, 6.07) is 3.97. The van der Waals surface area contributed by atoms with Gasteiger partial charge in [0.25, 0.3) is 5.91 Å². The van der Waals surface area contributed by atoms with E-state index in [1.807, 2.05) is 13.8 Å². The molecule has 4 aliphatic heterocycles. The molecule has 1 aromatic rings. The Hall–Kier alpha value is -2.68. The summed E-state index contributed by atoms with van der Waals surface area (Å²) in [7, 11) is 0. The van der Waals surface area contributed by atoms with Crippen LogP contribution in [-0.2, 0) is 0 Å². The SMILES string of the molecule is CC1=N/C2=C3\CN(C(=O)c4ccc(F)cc4O[C@H]4CCNC[C@@H]4O)C\C3=C/CCCN2C(C)=C1Cl. The van der Waals surface area contributed by atoms with Crippen molar-refractivity contribution in [3.8, 4) is 5.75 Å². The van der Waals surface area contributed by atoms with Crippen molar-refractivity contribution in [1.29, 1.82) is 0 Å². The number of likely N-dealkylation sites (tertiary alicyclic amines) is 1. The zero-order valence-electron chi connectivity index (χ0n) is 20.0. The van der Waals surface area contributed by atoms with Crippen LogP contribution in [0, 0.1) is 5.82 Å². The van der Waals surface area contributed by atoms with Crippen molar-refractivity contribution in [3.63, 3.8) is 0 Å². The van der Waals surface area contributed by atoms with E-state index in [0.29, 0.717) is 37.6 Å². The standard InChI is InChI=1S/C26H30ClFN4O3/c1-15-24(27)16(2)32-10-4-3-5-17-13-31(14-20(17)25(32)30-15)26(34)19-7-6-18(28)11-23(19)35-22-8-9-29-12-21(22)33/h5-7,11,21-22,29,33H,3-4,8-10,12-14H2,1-2H3/b17-5+,25-20-/t21-,22-/m0/s1. The van der Waals surface area contributed by atoms with Crippen molar-refractivity contribution >= 4 is 23.2 Å². The second-order valence-electron chi connectivity index (χ2n) is 9.44. The molecule has 0 bridgehead atoms. The highest BCUT2D eigenvalue weighted by atomic mass is 35.5. The average molecular weight is 501 g/mol. The van der Waals surface area contributed by atoms with E-state index in [2.05, 4.69) is 16.3 Å². The molecule has 9 heteroatoms. The molecule has 0 aromatic heterocycles. The lowest BCUT2D eigenvalue weighted by atomic mass is 10.0. The molecular formula is C26H30ClFN4O3. The van der Waals surface area contributed by atoms with Crippen molar-refractivity contribution in [2.75, 3.05) is 32.7 Å². The van der Waals surface area contributed by atoms with Gasteiger partial charge in [0, 0.05) is 37.0 Å². The van der Waals surface area contributed by atoms with Crippen LogP contribution in [0.15, 0.2) is 57.0 Å². The predicted octanol–water partition coefficient (Wildman–Crippen LogP) is 3.56. The van der Waals surface area contributed by atoms with Gasteiger partial charge in [-0.3, -0.25) is 4.79 Å². The van der Waals surface area contributed by atoms with Crippen molar-refractivity contribution in [1.82, 2.24) is 15.1 Å². The number of fused-ring (bicyclic) bond motifs is 2. The van der Waals surface area contributed by atoms with Gasteiger partial charge in [0.05, 0.1) is 22.9 Å². The highest BCUT2D eigenvalue weighted by Crippen LogP contribution is 2.37. The number of ether oxygens (including phenoxy) is 1. The Bertz CT molecular complexity index is 1180. The Morgan fingerprint density at radius 2 is 2.14 bits per heavy atom. The maximum Gasteiger partial charge on any atom is 0.258 e. The van der Waals surface area contributed by atoms with Crippen molar-refractivity contribution in [2.45, 2.75) is 45.3 Å². The number of halogens is 2. The number of nitrogens with zero attached hydrogens (tertiary/aromatic N) is 3. The normalized spacial score (nSPS) is 28.5. The number of carbonyl (C=O) groups is 1. The molecule has 4 heterocycles. The van der Waals surface area contributed by atoms with E-state index in [1.165, 1.54) is 18.2 Å². The summed E-state index contributed by atoms with van der Waals surface area (Å²) >= 11 is 6.49. The van der Waals surface area contributed by atoms with Gasteiger partial charge in [-0.25, -0.2) is 9.38 Å². The second kappa shape index (κ2) is 9.76. The van der Waals surface area contributed by atoms with Gasteiger partial charge >= 0.3 is 0 Å². The fourth-order valence-corrected chi connectivity index (χ4v) is 5.24. The fourth-order valence-electron chi connectivity index (χ4n) is 5.09. The van der Waals surface area contributed by atoms with Crippen LogP contribution in [0.1, 0.15) is 43.5 Å². The van der Waals surface area contributed by atoms with Crippen LogP contribution in [0.2, 0.25) is 0 Å². The van der Waals surface area contributed by atoms with E-state index in [-0.39, 0.29) is 17.2 Å². The minimum absolute atomic E-state index is 0.163. The number of hydrogen-bond acceptors (Lipinski definition) is 6. The van der Waals surface area contributed by atoms with E-state index in [1.54, 1.807) is 4.90 Å². The molecular weight excluding hydrogens is 471 g/mol.